The summed E-state index contributed by atoms with van der Waals surface area (Å²) >= 11 is 0. The molecule has 1 aromatic carbocycles. The average molecular weight is 394 g/mol. The number of rotatable bonds is 8. The molecule has 1 heterocycles. The van der Waals surface area contributed by atoms with Crippen molar-refractivity contribution in [3.63, 3.8) is 0 Å². The molecule has 1 N–H and O–H groups in total. The van der Waals surface area contributed by atoms with Crippen molar-refractivity contribution in [2.45, 2.75) is 63.4 Å². The van der Waals surface area contributed by atoms with Crippen LogP contribution in [0.5, 0.6) is 0 Å². The van der Waals surface area contributed by atoms with Crippen molar-refractivity contribution in [1.82, 2.24) is 24.6 Å². The molecule has 8 nitrogen and oxygen atoms in total. The number of amides is 1. The van der Waals surface area contributed by atoms with Crippen molar-refractivity contribution in [1.29, 1.82) is 0 Å². The minimum absolute atomic E-state index is 0.0197. The summed E-state index contributed by atoms with van der Waals surface area (Å²) in [6, 6.07) is 5.14. The molecule has 0 aliphatic heterocycles. The van der Waals surface area contributed by atoms with E-state index in [-0.39, 0.29) is 10.8 Å². The fourth-order valence-corrected chi connectivity index (χ4v) is 5.05. The zero-order valence-electron chi connectivity index (χ0n) is 15.9. The molecule has 0 atom stereocenters. The van der Waals surface area contributed by atoms with E-state index in [0.29, 0.717) is 37.6 Å². The Hall–Kier alpha value is -2.00. The first-order chi connectivity index (χ1) is 13.0. The van der Waals surface area contributed by atoms with Crippen molar-refractivity contribution in [2.75, 3.05) is 13.1 Å². The van der Waals surface area contributed by atoms with Gasteiger partial charge in [0, 0.05) is 25.6 Å². The van der Waals surface area contributed by atoms with Crippen LogP contribution >= 0.6 is 0 Å². The molecule has 0 unspecified atom stereocenters. The molecule has 1 amide bonds. The highest BCUT2D eigenvalue weighted by atomic mass is 32.2. The van der Waals surface area contributed by atoms with Crippen LogP contribution in [0.1, 0.15) is 46.0 Å². The van der Waals surface area contributed by atoms with Gasteiger partial charge in [-0.2, -0.15) is 4.31 Å². The molecule has 0 spiro atoms. The molecule has 0 bridgehead atoms. The molecule has 0 radical (unpaired) electrons. The number of hydrogen-bond acceptors (Lipinski definition) is 5. The monoisotopic (exact) mass is 393 g/mol. The molecule has 27 heavy (non-hydrogen) atoms. The number of aryl methyl sites for hydroxylation is 1. The zero-order valence-corrected chi connectivity index (χ0v) is 16.7. The predicted molar refractivity (Wildman–Crippen MR) is 103 cm³/mol. The zero-order chi connectivity index (χ0) is 19.4. The summed E-state index contributed by atoms with van der Waals surface area (Å²) in [5.41, 5.74) is 1.24. The molecule has 1 fully saturated rings. The molecule has 1 saturated carbocycles. The van der Waals surface area contributed by atoms with E-state index in [1.54, 1.807) is 22.9 Å². The molecule has 1 aromatic heterocycles. The van der Waals surface area contributed by atoms with Crippen LogP contribution in [0.2, 0.25) is 0 Å². The van der Waals surface area contributed by atoms with E-state index in [9.17, 15) is 13.2 Å². The number of nitrogens with one attached hydrogen (secondary N) is 1. The van der Waals surface area contributed by atoms with Gasteiger partial charge in [-0.3, -0.25) is 4.79 Å². The summed E-state index contributed by atoms with van der Waals surface area (Å²) < 4.78 is 28.3. The van der Waals surface area contributed by atoms with Gasteiger partial charge in [-0.25, -0.2) is 13.1 Å². The van der Waals surface area contributed by atoms with Crippen LogP contribution in [0.15, 0.2) is 23.1 Å². The normalized spacial score (nSPS) is 15.7. The summed E-state index contributed by atoms with van der Waals surface area (Å²) in [6.45, 7) is 4.87. The lowest BCUT2D eigenvalue weighted by molar-refractivity contribution is -0.122. The van der Waals surface area contributed by atoms with E-state index in [0.717, 1.165) is 18.4 Å². The summed E-state index contributed by atoms with van der Waals surface area (Å²) in [5, 5.41) is 11.2. The number of aromatic nitrogens is 3. The largest absolute Gasteiger partial charge is 0.353 e. The maximum Gasteiger partial charge on any atom is 0.243 e. The van der Waals surface area contributed by atoms with Gasteiger partial charge in [0.1, 0.15) is 5.52 Å². The Morgan fingerprint density at radius 2 is 1.96 bits per heavy atom. The van der Waals surface area contributed by atoms with Gasteiger partial charge in [0.2, 0.25) is 15.9 Å². The Morgan fingerprint density at radius 3 is 2.63 bits per heavy atom. The number of hydrogen-bond donors (Lipinski definition) is 1. The number of carbonyl (C=O) groups is 1. The average Bonchev–Trinajstić information content (AvgIpc) is 3.29. The summed E-state index contributed by atoms with van der Waals surface area (Å²) in [4.78, 5) is 12.3. The van der Waals surface area contributed by atoms with Gasteiger partial charge >= 0.3 is 0 Å². The van der Waals surface area contributed by atoms with Crippen LogP contribution in [0.4, 0.5) is 0 Å². The lowest BCUT2D eigenvalue weighted by Gasteiger charge is -2.18. The molecule has 3 rings (SSSR count). The molecule has 1 aliphatic carbocycles. The number of sulfonamides is 1. The molecule has 9 heteroatoms. The topological polar surface area (TPSA) is 97.2 Å². The van der Waals surface area contributed by atoms with Gasteiger partial charge in [0.25, 0.3) is 0 Å². The molecule has 1 aliphatic rings. The van der Waals surface area contributed by atoms with E-state index in [1.807, 2.05) is 13.8 Å². The lowest BCUT2D eigenvalue weighted by Crippen LogP contribution is -2.33. The van der Waals surface area contributed by atoms with E-state index < -0.39 is 10.0 Å². The minimum atomic E-state index is -3.53. The van der Waals surface area contributed by atoms with Crippen LogP contribution in [-0.2, 0) is 21.4 Å². The third-order valence-corrected chi connectivity index (χ3v) is 7.15. The number of benzene rings is 1. The van der Waals surface area contributed by atoms with E-state index in [2.05, 4.69) is 15.6 Å². The molecular formula is C18H27N5O3S. The van der Waals surface area contributed by atoms with Crippen molar-refractivity contribution < 1.29 is 13.2 Å². The van der Waals surface area contributed by atoms with Gasteiger partial charge in [-0.05, 0) is 31.0 Å². The SMILES string of the molecule is CCN(CC)S(=O)(=O)c1ccc2c(c1)nnn2CCC(=O)NC1CCCC1. The Bertz CT molecular complexity index is 899. The lowest BCUT2D eigenvalue weighted by atomic mass is 10.2. The maximum atomic E-state index is 12.6. The third kappa shape index (κ3) is 4.30. The molecule has 0 saturated heterocycles. The Kier molecular flexibility index (Phi) is 6.11. The summed E-state index contributed by atoms with van der Waals surface area (Å²) in [7, 11) is -3.53. The quantitative estimate of drug-likeness (QED) is 0.739. The molecular weight excluding hydrogens is 366 g/mol. The Morgan fingerprint density at radius 1 is 1.26 bits per heavy atom. The number of carbonyl (C=O) groups excluding carboxylic acids is 1. The molecule has 148 valence electrons. The number of nitrogens with zero attached hydrogens (tertiary/aromatic N) is 4. The van der Waals surface area contributed by atoms with Crippen molar-refractivity contribution in [2.24, 2.45) is 0 Å². The first kappa shape index (κ1) is 19.8. The highest BCUT2D eigenvalue weighted by Gasteiger charge is 2.23. The highest BCUT2D eigenvalue weighted by Crippen LogP contribution is 2.21. The summed E-state index contributed by atoms with van der Waals surface area (Å²) in [5.74, 6) is 0.0197. The second kappa shape index (κ2) is 8.35. The van der Waals surface area contributed by atoms with Crippen LogP contribution in [-0.4, -0.2) is 52.8 Å². The standard InChI is InChI=1S/C18H27N5O3S/c1-3-22(4-2)27(25,26)15-9-10-17-16(13-15)20-21-23(17)12-11-18(24)19-14-7-5-6-8-14/h9-10,13-14H,3-8,11-12H2,1-2H3,(H,19,24). The minimum Gasteiger partial charge on any atom is -0.353 e. The first-order valence-corrected chi connectivity index (χ1v) is 11.0. The van der Waals surface area contributed by atoms with Crippen molar-refractivity contribution in [3.8, 4) is 0 Å². The van der Waals surface area contributed by atoms with Gasteiger partial charge in [-0.1, -0.05) is 31.9 Å². The first-order valence-electron chi connectivity index (χ1n) is 9.58. The Balaban J connectivity index is 1.71. The van der Waals surface area contributed by atoms with Gasteiger partial charge in [0.05, 0.1) is 17.0 Å². The fourth-order valence-electron chi connectivity index (χ4n) is 3.57. The summed E-state index contributed by atoms with van der Waals surface area (Å²) in [6.07, 6.45) is 4.80. The Labute approximate surface area is 160 Å². The van der Waals surface area contributed by atoms with E-state index in [4.69, 9.17) is 0 Å². The predicted octanol–water partition coefficient (Wildman–Crippen LogP) is 1.91. The molecule has 2 aromatic rings. The van der Waals surface area contributed by atoms with Gasteiger partial charge in [0.15, 0.2) is 0 Å². The van der Waals surface area contributed by atoms with Crippen LogP contribution in [0.25, 0.3) is 11.0 Å². The van der Waals surface area contributed by atoms with Gasteiger partial charge in [-0.15, -0.1) is 5.10 Å². The second-order valence-electron chi connectivity index (χ2n) is 6.85. The third-order valence-electron chi connectivity index (χ3n) is 5.10. The van der Waals surface area contributed by atoms with E-state index in [1.165, 1.54) is 17.1 Å². The van der Waals surface area contributed by atoms with E-state index >= 15 is 0 Å². The van der Waals surface area contributed by atoms with Gasteiger partial charge < -0.3 is 5.32 Å². The van der Waals surface area contributed by atoms with Crippen molar-refractivity contribution >= 4 is 27.0 Å². The maximum absolute atomic E-state index is 12.6. The van der Waals surface area contributed by atoms with Crippen LogP contribution < -0.4 is 5.32 Å². The number of fused-ring (bicyclic) bond motifs is 1. The van der Waals surface area contributed by atoms with Crippen molar-refractivity contribution in [3.05, 3.63) is 18.2 Å². The highest BCUT2D eigenvalue weighted by molar-refractivity contribution is 7.89. The second-order valence-corrected chi connectivity index (χ2v) is 8.79. The fraction of sp³-hybridized carbons (Fsp3) is 0.611. The van der Waals surface area contributed by atoms with Crippen LogP contribution in [0.3, 0.4) is 0 Å². The van der Waals surface area contributed by atoms with Crippen LogP contribution in [0, 0.1) is 0 Å². The smallest absolute Gasteiger partial charge is 0.243 e.